The number of hydrogen-bond acceptors (Lipinski definition) is 4. The standard InChI is InChI=1S/C17H19N3O2S/c1-12-7-15-16(8-13(12)2)19(11-18-15)9-14(21)10-23-17-5-3-4-6-20(17)22/h3-8,11,14,21H,9-10H2,1-2H3/t14-/m1/s1. The van der Waals surface area contributed by atoms with Gasteiger partial charge in [0, 0.05) is 17.9 Å². The topological polar surface area (TPSA) is 65.0 Å². The summed E-state index contributed by atoms with van der Waals surface area (Å²) in [5, 5.41) is 22.5. The van der Waals surface area contributed by atoms with Crippen molar-refractivity contribution in [2.75, 3.05) is 5.75 Å². The predicted octanol–water partition coefficient (Wildman–Crippen LogP) is 2.44. The van der Waals surface area contributed by atoms with Crippen LogP contribution in [0.4, 0.5) is 0 Å². The molecular formula is C17H19N3O2S. The number of hydrogen-bond donors (Lipinski definition) is 1. The van der Waals surface area contributed by atoms with Crippen LogP contribution in [0.1, 0.15) is 11.1 Å². The SMILES string of the molecule is Cc1cc2ncn(C[C@@H](O)CSc3cccc[n+]3[O-])c2cc1C. The summed E-state index contributed by atoms with van der Waals surface area (Å²) in [6.45, 7) is 4.59. The number of pyridine rings is 1. The highest BCUT2D eigenvalue weighted by molar-refractivity contribution is 7.99. The zero-order valence-corrected chi connectivity index (χ0v) is 14.0. The van der Waals surface area contributed by atoms with Crippen LogP contribution in [-0.4, -0.2) is 26.5 Å². The third-order valence-electron chi connectivity index (χ3n) is 3.86. The van der Waals surface area contributed by atoms with E-state index in [9.17, 15) is 10.3 Å². The Kier molecular flexibility index (Phi) is 4.54. The highest BCUT2D eigenvalue weighted by atomic mass is 32.2. The van der Waals surface area contributed by atoms with Crippen LogP contribution in [0.25, 0.3) is 11.0 Å². The van der Waals surface area contributed by atoms with E-state index in [4.69, 9.17) is 0 Å². The van der Waals surface area contributed by atoms with Gasteiger partial charge in [-0.3, -0.25) is 0 Å². The molecule has 23 heavy (non-hydrogen) atoms. The van der Waals surface area contributed by atoms with E-state index in [0.717, 1.165) is 15.8 Å². The van der Waals surface area contributed by atoms with E-state index in [0.29, 0.717) is 17.3 Å². The van der Waals surface area contributed by atoms with Crippen LogP contribution in [0, 0.1) is 19.1 Å². The van der Waals surface area contributed by atoms with Crippen LogP contribution < -0.4 is 4.73 Å². The fraction of sp³-hybridized carbons (Fsp3) is 0.294. The summed E-state index contributed by atoms with van der Waals surface area (Å²) in [5.41, 5.74) is 4.38. The van der Waals surface area contributed by atoms with Crippen LogP contribution in [0.15, 0.2) is 47.9 Å². The molecule has 1 aromatic carbocycles. The second-order valence-corrected chi connectivity index (χ2v) is 6.69. The Morgan fingerprint density at radius 3 is 2.87 bits per heavy atom. The van der Waals surface area contributed by atoms with Gasteiger partial charge < -0.3 is 14.9 Å². The zero-order valence-electron chi connectivity index (χ0n) is 13.1. The van der Waals surface area contributed by atoms with Crippen molar-refractivity contribution in [1.82, 2.24) is 9.55 Å². The molecule has 5 nitrogen and oxygen atoms in total. The van der Waals surface area contributed by atoms with Crippen molar-refractivity contribution < 1.29 is 9.84 Å². The summed E-state index contributed by atoms with van der Waals surface area (Å²) in [6, 6.07) is 9.42. The monoisotopic (exact) mass is 329 g/mol. The summed E-state index contributed by atoms with van der Waals surface area (Å²) < 4.78 is 2.78. The van der Waals surface area contributed by atoms with Gasteiger partial charge in [0.1, 0.15) is 0 Å². The lowest BCUT2D eigenvalue weighted by Gasteiger charge is -2.12. The minimum Gasteiger partial charge on any atom is -0.618 e. The van der Waals surface area contributed by atoms with Gasteiger partial charge in [0.15, 0.2) is 6.20 Å². The van der Waals surface area contributed by atoms with Crippen LogP contribution in [0.3, 0.4) is 0 Å². The van der Waals surface area contributed by atoms with Gasteiger partial charge in [-0.25, -0.2) is 4.98 Å². The van der Waals surface area contributed by atoms with Crippen molar-refractivity contribution in [2.45, 2.75) is 31.5 Å². The van der Waals surface area contributed by atoms with E-state index >= 15 is 0 Å². The van der Waals surface area contributed by atoms with E-state index < -0.39 is 6.10 Å². The highest BCUT2D eigenvalue weighted by Gasteiger charge is 2.13. The number of benzene rings is 1. The number of thioether (sulfide) groups is 1. The third-order valence-corrected chi connectivity index (χ3v) is 5.02. The van der Waals surface area contributed by atoms with Gasteiger partial charge in [0.05, 0.1) is 30.0 Å². The first kappa shape index (κ1) is 15.8. The maximum atomic E-state index is 11.6. The van der Waals surface area contributed by atoms with Crippen molar-refractivity contribution in [3.8, 4) is 0 Å². The number of rotatable bonds is 5. The molecule has 0 radical (unpaired) electrons. The molecule has 0 unspecified atom stereocenters. The molecule has 0 aliphatic rings. The Hall–Kier alpha value is -2.05. The van der Waals surface area contributed by atoms with Gasteiger partial charge in [0.25, 0.3) is 5.03 Å². The van der Waals surface area contributed by atoms with Gasteiger partial charge in [-0.05, 0) is 43.2 Å². The molecule has 1 N–H and O–H groups in total. The summed E-state index contributed by atoms with van der Waals surface area (Å²) in [7, 11) is 0. The Balaban J connectivity index is 1.69. The number of aliphatic hydroxyl groups is 1. The normalized spacial score (nSPS) is 12.7. The summed E-state index contributed by atoms with van der Waals surface area (Å²) >= 11 is 1.35. The molecule has 6 heteroatoms. The minimum atomic E-state index is -0.556. The van der Waals surface area contributed by atoms with Crippen LogP contribution in [0.2, 0.25) is 0 Å². The second-order valence-electron chi connectivity index (χ2n) is 5.65. The summed E-state index contributed by atoms with van der Waals surface area (Å²) in [5.74, 6) is 0.455. The highest BCUT2D eigenvalue weighted by Crippen LogP contribution is 2.20. The lowest BCUT2D eigenvalue weighted by molar-refractivity contribution is -0.645. The van der Waals surface area contributed by atoms with E-state index in [1.807, 2.05) is 10.6 Å². The van der Waals surface area contributed by atoms with E-state index in [-0.39, 0.29) is 0 Å². The molecule has 0 aliphatic heterocycles. The second kappa shape index (κ2) is 6.60. The largest absolute Gasteiger partial charge is 0.618 e. The van der Waals surface area contributed by atoms with Crippen LogP contribution in [-0.2, 0) is 6.54 Å². The molecule has 2 aromatic heterocycles. The van der Waals surface area contributed by atoms with Crippen LogP contribution >= 0.6 is 11.8 Å². The van der Waals surface area contributed by atoms with Gasteiger partial charge in [-0.2, -0.15) is 4.73 Å². The Morgan fingerprint density at radius 1 is 1.30 bits per heavy atom. The van der Waals surface area contributed by atoms with Crippen molar-refractivity contribution >= 4 is 22.8 Å². The minimum absolute atomic E-state index is 0.455. The number of fused-ring (bicyclic) bond motifs is 1. The molecule has 0 spiro atoms. The fourth-order valence-corrected chi connectivity index (χ4v) is 3.28. The molecule has 0 aliphatic carbocycles. The number of imidazole rings is 1. The predicted molar refractivity (Wildman–Crippen MR) is 91.3 cm³/mol. The first-order valence-electron chi connectivity index (χ1n) is 7.46. The first-order chi connectivity index (χ1) is 11.0. The Bertz CT molecular complexity index is 832. The van der Waals surface area contributed by atoms with Crippen molar-refractivity contribution in [3.05, 3.63) is 59.2 Å². The smallest absolute Gasteiger partial charge is 0.251 e. The molecule has 3 rings (SSSR count). The molecule has 0 saturated carbocycles. The number of nitrogens with zero attached hydrogens (tertiary/aromatic N) is 3. The van der Waals surface area contributed by atoms with Crippen molar-refractivity contribution in [3.63, 3.8) is 0 Å². The molecule has 3 aromatic rings. The number of aryl methyl sites for hydroxylation is 2. The molecular weight excluding hydrogens is 310 g/mol. The Morgan fingerprint density at radius 2 is 2.09 bits per heavy atom. The van der Waals surface area contributed by atoms with Gasteiger partial charge in [-0.1, -0.05) is 11.8 Å². The maximum Gasteiger partial charge on any atom is 0.251 e. The molecule has 0 bridgehead atoms. The van der Waals surface area contributed by atoms with Crippen molar-refractivity contribution in [2.24, 2.45) is 0 Å². The molecule has 120 valence electrons. The van der Waals surface area contributed by atoms with Gasteiger partial charge in [0.2, 0.25) is 0 Å². The zero-order chi connectivity index (χ0) is 16.4. The molecule has 0 amide bonds. The number of aliphatic hydroxyl groups excluding tert-OH is 1. The number of aromatic nitrogens is 3. The van der Waals surface area contributed by atoms with Gasteiger partial charge >= 0.3 is 0 Å². The third kappa shape index (κ3) is 3.48. The quantitative estimate of drug-likeness (QED) is 0.444. The average Bonchev–Trinajstić information content (AvgIpc) is 2.89. The summed E-state index contributed by atoms with van der Waals surface area (Å²) in [6.07, 6.45) is 2.66. The lowest BCUT2D eigenvalue weighted by Crippen LogP contribution is -2.28. The average molecular weight is 329 g/mol. The summed E-state index contributed by atoms with van der Waals surface area (Å²) in [4.78, 5) is 4.40. The van der Waals surface area contributed by atoms with Crippen molar-refractivity contribution in [1.29, 1.82) is 0 Å². The Labute approximate surface area is 139 Å². The molecule has 0 saturated heterocycles. The van der Waals surface area contributed by atoms with Crippen LogP contribution in [0.5, 0.6) is 0 Å². The first-order valence-corrected chi connectivity index (χ1v) is 8.44. The fourth-order valence-electron chi connectivity index (χ4n) is 2.44. The maximum absolute atomic E-state index is 11.6. The molecule has 0 fully saturated rings. The van der Waals surface area contributed by atoms with Gasteiger partial charge in [-0.15, -0.1) is 0 Å². The lowest BCUT2D eigenvalue weighted by atomic mass is 10.1. The molecule has 2 heterocycles. The molecule has 1 atom stereocenters. The van der Waals surface area contributed by atoms with E-state index in [1.54, 1.807) is 18.5 Å². The van der Waals surface area contributed by atoms with E-state index in [1.165, 1.54) is 29.1 Å². The van der Waals surface area contributed by atoms with E-state index in [2.05, 4.69) is 31.0 Å².